The molecule has 1 saturated heterocycles. The minimum Gasteiger partial charge on any atom is -0.496 e. The number of methoxy groups -OCH3 is 1. The van der Waals surface area contributed by atoms with Crippen LogP contribution >= 0.6 is 0 Å². The molecule has 1 aliphatic carbocycles. The number of nitrogens with one attached hydrogen (secondary N) is 1. The van der Waals surface area contributed by atoms with Gasteiger partial charge in [-0.2, -0.15) is 13.2 Å². The van der Waals surface area contributed by atoms with E-state index in [4.69, 9.17) is 4.74 Å². The number of benzene rings is 2. The van der Waals surface area contributed by atoms with Crippen LogP contribution in [0, 0.1) is 17.3 Å². The molecule has 2 aromatic carbocycles. The van der Waals surface area contributed by atoms with E-state index >= 15 is 0 Å². The van der Waals surface area contributed by atoms with Crippen molar-refractivity contribution in [3.05, 3.63) is 59.2 Å². The third kappa shape index (κ3) is 6.79. The van der Waals surface area contributed by atoms with Crippen LogP contribution in [0.4, 0.5) is 18.9 Å². The van der Waals surface area contributed by atoms with E-state index in [0.29, 0.717) is 24.2 Å². The quantitative estimate of drug-likeness (QED) is 0.358. The molecular formula is C33H44F3N3O4. The second kappa shape index (κ2) is 12.8. The second-order valence-electron chi connectivity index (χ2n) is 13.1. The number of halogens is 3. The molecule has 0 aromatic heterocycles. The molecule has 43 heavy (non-hydrogen) atoms. The Labute approximate surface area is 252 Å². The van der Waals surface area contributed by atoms with Crippen molar-refractivity contribution in [3.8, 4) is 5.75 Å². The summed E-state index contributed by atoms with van der Waals surface area (Å²) in [6.07, 6.45) is -0.228. The summed E-state index contributed by atoms with van der Waals surface area (Å²) in [6.45, 7) is 5.85. The molecule has 2 N–H and O–H groups in total. The van der Waals surface area contributed by atoms with Gasteiger partial charge in [0.15, 0.2) is 0 Å². The van der Waals surface area contributed by atoms with E-state index in [9.17, 15) is 27.9 Å². The first kappa shape index (κ1) is 32.6. The van der Waals surface area contributed by atoms with E-state index in [1.54, 1.807) is 4.90 Å². The first-order valence-corrected chi connectivity index (χ1v) is 15.0. The van der Waals surface area contributed by atoms with Crippen LogP contribution in [-0.2, 0) is 22.3 Å². The fourth-order valence-corrected chi connectivity index (χ4v) is 7.08. The minimum absolute atomic E-state index is 0.0111. The molecule has 10 heteroatoms. The van der Waals surface area contributed by atoms with Crippen LogP contribution in [-0.4, -0.2) is 55.2 Å². The van der Waals surface area contributed by atoms with E-state index in [-0.39, 0.29) is 18.4 Å². The van der Waals surface area contributed by atoms with E-state index in [2.05, 4.69) is 5.32 Å². The number of alkyl halides is 3. The first-order valence-electron chi connectivity index (χ1n) is 15.0. The van der Waals surface area contributed by atoms with Crippen LogP contribution in [0.25, 0.3) is 0 Å². The topological polar surface area (TPSA) is 82.1 Å². The summed E-state index contributed by atoms with van der Waals surface area (Å²) in [5.41, 5.74) is 0.564. The lowest BCUT2D eigenvalue weighted by atomic mass is 9.72. The van der Waals surface area contributed by atoms with Crippen LogP contribution in [0.3, 0.4) is 0 Å². The Morgan fingerprint density at radius 1 is 1.05 bits per heavy atom. The molecule has 1 saturated carbocycles. The number of amides is 1. The van der Waals surface area contributed by atoms with Crippen LogP contribution in [0.15, 0.2) is 42.5 Å². The Balaban J connectivity index is 1.89. The summed E-state index contributed by atoms with van der Waals surface area (Å²) in [4.78, 5) is 31.1. The van der Waals surface area contributed by atoms with E-state index in [0.717, 1.165) is 42.6 Å². The predicted molar refractivity (Wildman–Crippen MR) is 160 cm³/mol. The van der Waals surface area contributed by atoms with Gasteiger partial charge in [-0.25, -0.2) is 4.79 Å². The molecule has 236 valence electrons. The van der Waals surface area contributed by atoms with Gasteiger partial charge in [-0.3, -0.25) is 4.79 Å². The van der Waals surface area contributed by atoms with Crippen LogP contribution in [0.5, 0.6) is 5.75 Å². The van der Waals surface area contributed by atoms with Crippen molar-refractivity contribution < 1.29 is 32.6 Å². The highest BCUT2D eigenvalue weighted by molar-refractivity contribution is 5.87. The number of carboxylic acids is 1. The lowest BCUT2D eigenvalue weighted by Gasteiger charge is -2.36. The normalized spacial score (nSPS) is 23.3. The smallest absolute Gasteiger partial charge is 0.416 e. The van der Waals surface area contributed by atoms with Crippen molar-refractivity contribution in [1.29, 1.82) is 0 Å². The van der Waals surface area contributed by atoms with Gasteiger partial charge in [0.25, 0.3) is 0 Å². The molecule has 4 unspecified atom stereocenters. The van der Waals surface area contributed by atoms with Crippen LogP contribution < -0.4 is 15.0 Å². The fraction of sp³-hybridized carbons (Fsp3) is 0.576. The van der Waals surface area contributed by atoms with Crippen molar-refractivity contribution in [2.24, 2.45) is 17.3 Å². The average molecular weight is 604 g/mol. The zero-order chi connectivity index (χ0) is 31.7. The molecule has 1 heterocycles. The van der Waals surface area contributed by atoms with Gasteiger partial charge >= 0.3 is 12.1 Å². The third-order valence-electron chi connectivity index (χ3n) is 9.00. The van der Waals surface area contributed by atoms with E-state index in [1.807, 2.05) is 64.0 Å². The zero-order valence-corrected chi connectivity index (χ0v) is 25.9. The summed E-state index contributed by atoms with van der Waals surface area (Å²) in [5, 5.41) is 14.2. The van der Waals surface area contributed by atoms with Gasteiger partial charge in [0.1, 0.15) is 11.8 Å². The van der Waals surface area contributed by atoms with Gasteiger partial charge in [-0.1, -0.05) is 58.2 Å². The number of ether oxygens (including phenoxy) is 1. The molecule has 1 amide bonds. The predicted octanol–water partition coefficient (Wildman–Crippen LogP) is 6.52. The van der Waals surface area contributed by atoms with Crippen molar-refractivity contribution >= 4 is 17.6 Å². The van der Waals surface area contributed by atoms with Gasteiger partial charge in [0, 0.05) is 49.8 Å². The van der Waals surface area contributed by atoms with E-state index < -0.39 is 47.2 Å². The summed E-state index contributed by atoms with van der Waals surface area (Å²) >= 11 is 0. The SMILES string of the molecule is COc1ccc(C(F)(F)F)cc1CNC1C(c2ccccc2N(C)C)N(C(=O)C2CCCCC2)C(C(=O)O)C1C(C)(C)C. The summed E-state index contributed by atoms with van der Waals surface area (Å²) in [7, 11) is 5.20. The lowest BCUT2D eigenvalue weighted by molar-refractivity contribution is -0.154. The molecule has 0 spiro atoms. The molecule has 1 aliphatic heterocycles. The van der Waals surface area contributed by atoms with Gasteiger partial charge in [0.05, 0.1) is 18.7 Å². The molecule has 2 aliphatic rings. The monoisotopic (exact) mass is 603 g/mol. The number of nitrogens with zero attached hydrogens (tertiary/aromatic N) is 2. The summed E-state index contributed by atoms with van der Waals surface area (Å²) in [5.74, 6) is -1.79. The van der Waals surface area contributed by atoms with Crippen molar-refractivity contribution in [2.45, 2.75) is 83.7 Å². The Morgan fingerprint density at radius 2 is 1.70 bits per heavy atom. The number of para-hydroxylation sites is 1. The average Bonchev–Trinajstić information content (AvgIpc) is 3.31. The largest absolute Gasteiger partial charge is 0.496 e. The van der Waals surface area contributed by atoms with E-state index in [1.165, 1.54) is 13.2 Å². The molecule has 4 atom stereocenters. The third-order valence-corrected chi connectivity index (χ3v) is 9.00. The van der Waals surface area contributed by atoms with Crippen molar-refractivity contribution in [1.82, 2.24) is 10.2 Å². The number of likely N-dealkylation sites (tertiary alicyclic amines) is 1. The molecule has 0 bridgehead atoms. The maximum atomic E-state index is 14.4. The Morgan fingerprint density at radius 3 is 2.26 bits per heavy atom. The number of hydrogen-bond donors (Lipinski definition) is 2. The fourth-order valence-electron chi connectivity index (χ4n) is 7.08. The lowest BCUT2D eigenvalue weighted by Crippen LogP contribution is -2.49. The molecule has 0 radical (unpaired) electrons. The maximum Gasteiger partial charge on any atom is 0.416 e. The minimum atomic E-state index is -4.53. The maximum absolute atomic E-state index is 14.4. The van der Waals surface area contributed by atoms with Gasteiger partial charge in [0.2, 0.25) is 5.91 Å². The van der Waals surface area contributed by atoms with Crippen LogP contribution in [0.2, 0.25) is 0 Å². The highest BCUT2D eigenvalue weighted by Crippen LogP contribution is 2.51. The Hall–Kier alpha value is -3.27. The highest BCUT2D eigenvalue weighted by atomic mass is 19.4. The van der Waals surface area contributed by atoms with Gasteiger partial charge in [-0.05, 0) is 48.1 Å². The second-order valence-corrected chi connectivity index (χ2v) is 13.1. The highest BCUT2D eigenvalue weighted by Gasteiger charge is 2.58. The number of hydrogen-bond acceptors (Lipinski definition) is 5. The molecule has 2 aromatic rings. The van der Waals surface area contributed by atoms with Crippen molar-refractivity contribution in [2.75, 3.05) is 26.1 Å². The van der Waals surface area contributed by atoms with Gasteiger partial charge < -0.3 is 25.0 Å². The summed E-state index contributed by atoms with van der Waals surface area (Å²) in [6, 6.07) is 8.58. The van der Waals surface area contributed by atoms with Crippen LogP contribution in [0.1, 0.15) is 75.6 Å². The summed E-state index contributed by atoms with van der Waals surface area (Å²) < 4.78 is 46.4. The first-order chi connectivity index (χ1) is 20.2. The zero-order valence-electron chi connectivity index (χ0n) is 25.9. The number of carboxylic acid groups (broad SMARTS) is 1. The molecule has 7 nitrogen and oxygen atoms in total. The molecular weight excluding hydrogens is 559 g/mol. The number of carbonyl (C=O) groups excluding carboxylic acids is 1. The standard InChI is InChI=1S/C33H44F3N3O4/c1-32(2,3)26-27(37-19-21-18-22(33(34,35)36)16-17-25(21)43-6)28(23-14-10-11-15-24(23)38(4)5)39(29(26)31(41)42)30(40)20-12-8-7-9-13-20/h10-11,14-18,20,26-29,37H,7-9,12-13,19H2,1-6H3,(H,41,42). The van der Waals surface area contributed by atoms with Gasteiger partial charge in [-0.15, -0.1) is 0 Å². The molecule has 2 fully saturated rings. The number of carbonyl (C=O) groups is 2. The number of anilines is 1. The molecule has 4 rings (SSSR count). The Kier molecular flexibility index (Phi) is 9.69. The Bertz CT molecular complexity index is 1300. The number of rotatable bonds is 8. The van der Waals surface area contributed by atoms with Crippen molar-refractivity contribution in [3.63, 3.8) is 0 Å². The number of aliphatic carboxylic acids is 1.